The molecule has 0 bridgehead atoms. The van der Waals surface area contributed by atoms with E-state index >= 15 is 0 Å². The summed E-state index contributed by atoms with van der Waals surface area (Å²) >= 11 is 0. The van der Waals surface area contributed by atoms with E-state index in [-0.39, 0.29) is 16.7 Å². The van der Waals surface area contributed by atoms with Crippen molar-refractivity contribution in [2.45, 2.75) is 26.2 Å². The molecule has 0 fully saturated rings. The van der Waals surface area contributed by atoms with E-state index in [9.17, 15) is 29.3 Å². The van der Waals surface area contributed by atoms with Gasteiger partial charge in [-0.2, -0.15) is 0 Å². The van der Waals surface area contributed by atoms with Crippen LogP contribution in [0, 0.1) is 10.1 Å². The molecule has 3 rings (SSSR count). The summed E-state index contributed by atoms with van der Waals surface area (Å²) in [5.74, 6) is -2.93. The SMILES string of the molecule is CCCCCNC(=O)COC(=O)c1ccc2c(c1[N+](=O)[O-])C(=O)c1ccccc1C2=O. The molecule has 160 valence electrons. The number of nitro benzene ring substituents is 1. The van der Waals surface area contributed by atoms with Crippen molar-refractivity contribution in [3.05, 3.63) is 74.3 Å². The Bertz CT molecular complexity index is 1090. The monoisotopic (exact) mass is 424 g/mol. The van der Waals surface area contributed by atoms with Gasteiger partial charge in [-0.1, -0.05) is 44.0 Å². The minimum atomic E-state index is -1.13. The van der Waals surface area contributed by atoms with Crippen molar-refractivity contribution in [3.63, 3.8) is 0 Å². The predicted molar refractivity (Wildman–Crippen MR) is 109 cm³/mol. The van der Waals surface area contributed by atoms with Crippen LogP contribution in [-0.2, 0) is 9.53 Å². The number of unbranched alkanes of at least 4 members (excludes halogenated alkanes) is 2. The van der Waals surface area contributed by atoms with E-state index in [2.05, 4.69) is 5.32 Å². The van der Waals surface area contributed by atoms with Crippen molar-refractivity contribution in [3.8, 4) is 0 Å². The highest BCUT2D eigenvalue weighted by molar-refractivity contribution is 6.30. The summed E-state index contributed by atoms with van der Waals surface area (Å²) in [5, 5.41) is 14.3. The molecule has 0 radical (unpaired) electrons. The van der Waals surface area contributed by atoms with Crippen molar-refractivity contribution < 1.29 is 28.8 Å². The molecule has 0 aromatic heterocycles. The second kappa shape index (κ2) is 9.29. The molecule has 1 amide bonds. The van der Waals surface area contributed by atoms with Gasteiger partial charge in [-0.05, 0) is 18.6 Å². The first kappa shape index (κ1) is 21.8. The Hall–Kier alpha value is -3.88. The number of fused-ring (bicyclic) bond motifs is 2. The summed E-state index contributed by atoms with van der Waals surface area (Å²) in [7, 11) is 0. The van der Waals surface area contributed by atoms with Crippen molar-refractivity contribution in [1.82, 2.24) is 5.32 Å². The van der Waals surface area contributed by atoms with Crippen LogP contribution < -0.4 is 5.32 Å². The lowest BCUT2D eigenvalue weighted by atomic mass is 9.82. The predicted octanol–water partition coefficient (Wildman–Crippen LogP) is 2.83. The van der Waals surface area contributed by atoms with E-state index in [1.165, 1.54) is 24.3 Å². The van der Waals surface area contributed by atoms with Gasteiger partial charge in [0.05, 0.1) is 4.92 Å². The molecule has 0 aliphatic heterocycles. The van der Waals surface area contributed by atoms with Gasteiger partial charge < -0.3 is 10.1 Å². The number of hydrogen-bond donors (Lipinski definition) is 1. The highest BCUT2D eigenvalue weighted by Crippen LogP contribution is 2.35. The van der Waals surface area contributed by atoms with Crippen molar-refractivity contribution in [2.24, 2.45) is 0 Å². The molecule has 31 heavy (non-hydrogen) atoms. The fraction of sp³-hybridized carbons (Fsp3) is 0.273. The Morgan fingerprint density at radius 1 is 1.00 bits per heavy atom. The topological polar surface area (TPSA) is 133 Å². The van der Waals surface area contributed by atoms with Crippen molar-refractivity contribution in [1.29, 1.82) is 0 Å². The summed E-state index contributed by atoms with van der Waals surface area (Å²) in [6.45, 7) is 1.83. The van der Waals surface area contributed by atoms with Crippen molar-refractivity contribution >= 4 is 29.1 Å². The molecule has 1 aliphatic carbocycles. The lowest BCUT2D eigenvalue weighted by molar-refractivity contribution is -0.385. The molecule has 0 heterocycles. The summed E-state index contributed by atoms with van der Waals surface area (Å²) in [4.78, 5) is 60.8. The Morgan fingerprint density at radius 2 is 1.68 bits per heavy atom. The van der Waals surface area contributed by atoms with Crippen LogP contribution in [0.4, 0.5) is 5.69 Å². The summed E-state index contributed by atoms with van der Waals surface area (Å²) in [6.07, 6.45) is 2.71. The maximum Gasteiger partial charge on any atom is 0.345 e. The molecule has 0 spiro atoms. The highest BCUT2D eigenvalue weighted by Gasteiger charge is 2.39. The van der Waals surface area contributed by atoms with Crippen molar-refractivity contribution in [2.75, 3.05) is 13.2 Å². The van der Waals surface area contributed by atoms with Crippen LogP contribution in [0.25, 0.3) is 0 Å². The number of nitro groups is 1. The van der Waals surface area contributed by atoms with Crippen LogP contribution in [-0.4, -0.2) is 41.5 Å². The molecule has 1 aliphatic rings. The number of ketones is 2. The number of carbonyl (C=O) groups excluding carboxylic acids is 4. The Labute approximate surface area is 177 Å². The van der Waals surface area contributed by atoms with Gasteiger partial charge in [-0.25, -0.2) is 4.79 Å². The van der Waals surface area contributed by atoms with Crippen LogP contribution in [0.2, 0.25) is 0 Å². The minimum absolute atomic E-state index is 0.0278. The average molecular weight is 424 g/mol. The summed E-state index contributed by atoms with van der Waals surface area (Å²) in [5.41, 5.74) is -1.74. The molecule has 2 aromatic carbocycles. The van der Waals surface area contributed by atoms with Gasteiger partial charge in [0.25, 0.3) is 11.6 Å². The van der Waals surface area contributed by atoms with Gasteiger partial charge in [0.1, 0.15) is 11.1 Å². The quantitative estimate of drug-likeness (QED) is 0.254. The normalized spacial score (nSPS) is 12.0. The molecule has 2 aromatic rings. The van der Waals surface area contributed by atoms with Crippen LogP contribution in [0.15, 0.2) is 36.4 Å². The molecule has 0 atom stereocenters. The molecule has 9 nitrogen and oxygen atoms in total. The van der Waals surface area contributed by atoms with E-state index in [0.29, 0.717) is 6.54 Å². The molecule has 0 saturated carbocycles. The Balaban J connectivity index is 1.87. The van der Waals surface area contributed by atoms with E-state index in [0.717, 1.165) is 25.3 Å². The third-order valence-corrected chi connectivity index (χ3v) is 4.91. The lowest BCUT2D eigenvalue weighted by Crippen LogP contribution is -2.30. The number of carbonyl (C=O) groups is 4. The number of nitrogens with zero attached hydrogens (tertiary/aromatic N) is 1. The largest absolute Gasteiger partial charge is 0.452 e. The van der Waals surface area contributed by atoms with Gasteiger partial charge >= 0.3 is 5.97 Å². The van der Waals surface area contributed by atoms with Gasteiger partial charge in [-0.3, -0.25) is 24.5 Å². The maximum absolute atomic E-state index is 12.9. The summed E-state index contributed by atoms with van der Waals surface area (Å²) < 4.78 is 4.91. The fourth-order valence-electron chi connectivity index (χ4n) is 3.39. The molecule has 9 heteroatoms. The van der Waals surface area contributed by atoms with E-state index in [4.69, 9.17) is 4.74 Å². The highest BCUT2D eigenvalue weighted by atomic mass is 16.6. The third kappa shape index (κ3) is 4.35. The first-order valence-electron chi connectivity index (χ1n) is 9.80. The van der Waals surface area contributed by atoms with Gasteiger partial charge in [0.2, 0.25) is 5.78 Å². The first-order valence-corrected chi connectivity index (χ1v) is 9.80. The van der Waals surface area contributed by atoms with Gasteiger partial charge in [-0.15, -0.1) is 0 Å². The molecule has 0 unspecified atom stereocenters. The lowest BCUT2D eigenvalue weighted by Gasteiger charge is -2.18. The number of nitrogens with one attached hydrogen (secondary N) is 1. The number of amides is 1. The minimum Gasteiger partial charge on any atom is -0.452 e. The molecule has 0 saturated heterocycles. The van der Waals surface area contributed by atoms with Crippen LogP contribution in [0.5, 0.6) is 0 Å². The van der Waals surface area contributed by atoms with Crippen LogP contribution in [0.3, 0.4) is 0 Å². The van der Waals surface area contributed by atoms with Gasteiger partial charge in [0, 0.05) is 23.2 Å². The maximum atomic E-state index is 12.9. The van der Waals surface area contributed by atoms with E-state index in [1.807, 2.05) is 6.92 Å². The second-order valence-electron chi connectivity index (χ2n) is 6.98. The summed E-state index contributed by atoms with van der Waals surface area (Å²) in [6, 6.07) is 8.25. The second-order valence-corrected chi connectivity index (χ2v) is 6.98. The first-order chi connectivity index (χ1) is 14.9. The average Bonchev–Trinajstić information content (AvgIpc) is 2.77. The Kier molecular flexibility index (Phi) is 6.54. The number of benzene rings is 2. The zero-order valence-electron chi connectivity index (χ0n) is 16.8. The standard InChI is InChI=1S/C22H20N2O7/c1-2-3-6-11-23-17(25)12-31-22(28)16-10-9-15-18(19(16)24(29)30)21(27)14-8-5-4-7-13(14)20(15)26/h4-5,7-10H,2-3,6,11-12H2,1H3,(H,23,25). The van der Waals surface area contributed by atoms with E-state index < -0.39 is 51.8 Å². The number of hydrogen-bond acceptors (Lipinski definition) is 7. The third-order valence-electron chi connectivity index (χ3n) is 4.91. The molecule has 1 N–H and O–H groups in total. The number of rotatable bonds is 8. The zero-order chi connectivity index (χ0) is 22.5. The fourth-order valence-corrected chi connectivity index (χ4v) is 3.39. The Morgan fingerprint density at radius 3 is 2.32 bits per heavy atom. The molecular formula is C22H20N2O7. The number of esters is 1. The zero-order valence-corrected chi connectivity index (χ0v) is 16.8. The van der Waals surface area contributed by atoms with Crippen LogP contribution >= 0.6 is 0 Å². The smallest absolute Gasteiger partial charge is 0.345 e. The van der Waals surface area contributed by atoms with Crippen LogP contribution in [0.1, 0.15) is 68.4 Å². The number of ether oxygens (including phenoxy) is 1. The molecular weight excluding hydrogens is 404 g/mol. The van der Waals surface area contributed by atoms with E-state index in [1.54, 1.807) is 6.07 Å². The van der Waals surface area contributed by atoms with Gasteiger partial charge in [0.15, 0.2) is 12.4 Å².